The predicted octanol–water partition coefficient (Wildman–Crippen LogP) is -0.0387. The Morgan fingerprint density at radius 2 is 2.06 bits per heavy atom. The van der Waals surface area contributed by atoms with Crippen LogP contribution in [-0.4, -0.2) is 35.3 Å². The molecule has 0 saturated carbocycles. The Labute approximate surface area is 108 Å². The lowest BCUT2D eigenvalue weighted by Gasteiger charge is -2.21. The second-order valence-electron chi connectivity index (χ2n) is 4.12. The Morgan fingerprint density at radius 3 is 2.61 bits per heavy atom. The van der Waals surface area contributed by atoms with Gasteiger partial charge in [-0.2, -0.15) is 0 Å². The highest BCUT2D eigenvalue weighted by molar-refractivity contribution is 7.89. The number of hydrogen-bond donors (Lipinski definition) is 2. The molecule has 2 heterocycles. The van der Waals surface area contributed by atoms with Crippen LogP contribution in [0, 0.1) is 0 Å². The average Bonchev–Trinajstić information content (AvgIpc) is 2.81. The molecule has 6 nitrogen and oxygen atoms in total. The van der Waals surface area contributed by atoms with E-state index < -0.39 is 20.8 Å². The number of nitrogens with one attached hydrogen (secondary N) is 1. The molecule has 0 bridgehead atoms. The van der Waals surface area contributed by atoms with E-state index in [0.29, 0.717) is 24.3 Å². The highest BCUT2D eigenvalue weighted by atomic mass is 32.2. The number of aliphatic hydroxyl groups is 1. The molecule has 1 aliphatic rings. The molecule has 0 aromatic carbocycles. The van der Waals surface area contributed by atoms with Gasteiger partial charge in [-0.25, -0.2) is 13.1 Å². The molecule has 0 radical (unpaired) electrons. The van der Waals surface area contributed by atoms with E-state index in [1.165, 1.54) is 12.1 Å². The second kappa shape index (κ2) is 5.52. The molecular weight excluding hydrogens is 278 g/mol. The highest BCUT2D eigenvalue weighted by Crippen LogP contribution is 2.17. The van der Waals surface area contributed by atoms with Crippen molar-refractivity contribution in [3.63, 3.8) is 0 Å². The van der Waals surface area contributed by atoms with Crippen LogP contribution in [0.3, 0.4) is 0 Å². The standard InChI is InChI=1S/C10H15NO5S2/c12-7-9-1-2-10(16-9)18(14,15)11-8-3-5-17(13)6-4-8/h1-2,8,11-12H,3-7H2. The van der Waals surface area contributed by atoms with Gasteiger partial charge in [0.05, 0.1) is 0 Å². The summed E-state index contributed by atoms with van der Waals surface area (Å²) in [4.78, 5) is 0. The van der Waals surface area contributed by atoms with Crippen LogP contribution < -0.4 is 4.72 Å². The summed E-state index contributed by atoms with van der Waals surface area (Å²) in [6, 6.07) is 2.54. The van der Waals surface area contributed by atoms with E-state index in [1.54, 1.807) is 0 Å². The van der Waals surface area contributed by atoms with Crippen molar-refractivity contribution >= 4 is 20.8 Å². The molecule has 0 unspecified atom stereocenters. The molecular formula is C10H15NO5S2. The Balaban J connectivity index is 2.05. The average molecular weight is 293 g/mol. The van der Waals surface area contributed by atoms with Gasteiger partial charge in [-0.1, -0.05) is 0 Å². The van der Waals surface area contributed by atoms with E-state index in [0.717, 1.165) is 0 Å². The summed E-state index contributed by atoms with van der Waals surface area (Å²) >= 11 is 0. The van der Waals surface area contributed by atoms with Gasteiger partial charge in [0.25, 0.3) is 10.0 Å². The van der Waals surface area contributed by atoms with Crippen molar-refractivity contribution in [1.29, 1.82) is 0 Å². The van der Waals surface area contributed by atoms with Crippen LogP contribution in [0.2, 0.25) is 0 Å². The zero-order chi connectivity index (χ0) is 13.2. The number of hydrogen-bond acceptors (Lipinski definition) is 5. The highest BCUT2D eigenvalue weighted by Gasteiger charge is 2.26. The number of rotatable bonds is 4. The van der Waals surface area contributed by atoms with E-state index in [-0.39, 0.29) is 23.5 Å². The van der Waals surface area contributed by atoms with Crippen LogP contribution in [-0.2, 0) is 27.4 Å². The molecule has 1 aromatic rings. The fraction of sp³-hybridized carbons (Fsp3) is 0.600. The lowest BCUT2D eigenvalue weighted by Crippen LogP contribution is -2.39. The topological polar surface area (TPSA) is 96.6 Å². The van der Waals surface area contributed by atoms with Gasteiger partial charge in [-0.3, -0.25) is 4.21 Å². The van der Waals surface area contributed by atoms with Crippen molar-refractivity contribution in [2.75, 3.05) is 11.5 Å². The summed E-state index contributed by atoms with van der Waals surface area (Å²) in [6.07, 6.45) is 1.14. The molecule has 2 N–H and O–H groups in total. The minimum atomic E-state index is -3.69. The van der Waals surface area contributed by atoms with Gasteiger partial charge >= 0.3 is 0 Å². The molecule has 18 heavy (non-hydrogen) atoms. The monoisotopic (exact) mass is 293 g/mol. The smallest absolute Gasteiger partial charge is 0.274 e. The lowest BCUT2D eigenvalue weighted by atomic mass is 10.2. The summed E-state index contributed by atoms with van der Waals surface area (Å²) in [5.41, 5.74) is 0. The molecule has 0 amide bonds. The van der Waals surface area contributed by atoms with Crippen LogP contribution in [0.1, 0.15) is 18.6 Å². The maximum Gasteiger partial charge on any atom is 0.274 e. The summed E-state index contributed by atoms with van der Waals surface area (Å²) in [7, 11) is -4.52. The van der Waals surface area contributed by atoms with Crippen LogP contribution in [0.25, 0.3) is 0 Å². The van der Waals surface area contributed by atoms with E-state index >= 15 is 0 Å². The maximum atomic E-state index is 11.9. The van der Waals surface area contributed by atoms with Gasteiger partial charge in [-0.15, -0.1) is 0 Å². The fourth-order valence-electron chi connectivity index (χ4n) is 1.78. The molecule has 1 saturated heterocycles. The van der Waals surface area contributed by atoms with Crippen molar-refractivity contribution in [1.82, 2.24) is 4.72 Å². The third-order valence-electron chi connectivity index (χ3n) is 2.77. The molecule has 1 fully saturated rings. The summed E-state index contributed by atoms with van der Waals surface area (Å²) < 4.78 is 42.6. The first-order chi connectivity index (χ1) is 8.51. The maximum absolute atomic E-state index is 11.9. The quantitative estimate of drug-likeness (QED) is 0.812. The summed E-state index contributed by atoms with van der Waals surface area (Å²) in [6.45, 7) is -0.335. The van der Waals surface area contributed by atoms with E-state index in [4.69, 9.17) is 9.52 Å². The third kappa shape index (κ3) is 3.19. The summed E-state index contributed by atoms with van der Waals surface area (Å²) in [5, 5.41) is 8.63. The van der Waals surface area contributed by atoms with Gasteiger partial charge in [0.2, 0.25) is 5.09 Å². The van der Waals surface area contributed by atoms with Crippen LogP contribution in [0.15, 0.2) is 21.6 Å². The summed E-state index contributed by atoms with van der Waals surface area (Å²) in [5.74, 6) is 1.25. The number of aliphatic hydroxyl groups excluding tert-OH is 1. The first-order valence-corrected chi connectivity index (χ1v) is 8.55. The molecule has 8 heteroatoms. The molecule has 2 rings (SSSR count). The molecule has 0 atom stereocenters. The van der Waals surface area contributed by atoms with Crippen molar-refractivity contribution in [3.05, 3.63) is 17.9 Å². The fourth-order valence-corrected chi connectivity index (χ4v) is 4.33. The lowest BCUT2D eigenvalue weighted by molar-refractivity contribution is 0.236. The SMILES string of the molecule is O=S1CCC(NS(=O)(=O)c2ccc(CO)o2)CC1. The van der Waals surface area contributed by atoms with Crippen molar-refractivity contribution < 1.29 is 22.2 Å². The van der Waals surface area contributed by atoms with Gasteiger partial charge < -0.3 is 9.52 Å². The molecule has 1 aromatic heterocycles. The van der Waals surface area contributed by atoms with Crippen LogP contribution in [0.5, 0.6) is 0 Å². The minimum Gasteiger partial charge on any atom is -0.446 e. The Hall–Kier alpha value is -0.700. The first-order valence-electron chi connectivity index (χ1n) is 5.58. The Bertz CT molecular complexity index is 526. The van der Waals surface area contributed by atoms with Crippen molar-refractivity contribution in [2.45, 2.75) is 30.6 Å². The second-order valence-corrected chi connectivity index (χ2v) is 7.46. The van der Waals surface area contributed by atoms with E-state index in [2.05, 4.69) is 4.72 Å². The van der Waals surface area contributed by atoms with Gasteiger partial charge in [0.15, 0.2) is 0 Å². The largest absolute Gasteiger partial charge is 0.446 e. The first kappa shape index (κ1) is 13.7. The van der Waals surface area contributed by atoms with Gasteiger partial charge in [0.1, 0.15) is 12.4 Å². The normalized spacial score (nSPS) is 25.2. The van der Waals surface area contributed by atoms with Gasteiger partial charge in [0, 0.05) is 28.3 Å². The van der Waals surface area contributed by atoms with Crippen LogP contribution in [0.4, 0.5) is 0 Å². The molecule has 102 valence electrons. The molecule has 0 spiro atoms. The number of sulfonamides is 1. The zero-order valence-corrected chi connectivity index (χ0v) is 11.3. The Kier molecular flexibility index (Phi) is 4.21. The van der Waals surface area contributed by atoms with Gasteiger partial charge in [-0.05, 0) is 25.0 Å². The molecule has 0 aliphatic carbocycles. The molecule has 1 aliphatic heterocycles. The van der Waals surface area contributed by atoms with Crippen LogP contribution >= 0.6 is 0 Å². The predicted molar refractivity (Wildman–Crippen MR) is 65.9 cm³/mol. The van der Waals surface area contributed by atoms with Crippen molar-refractivity contribution in [2.24, 2.45) is 0 Å². The number of furan rings is 1. The van der Waals surface area contributed by atoms with Crippen molar-refractivity contribution in [3.8, 4) is 0 Å². The van der Waals surface area contributed by atoms with E-state index in [9.17, 15) is 12.6 Å². The van der Waals surface area contributed by atoms with E-state index in [1.807, 2.05) is 0 Å². The zero-order valence-electron chi connectivity index (χ0n) is 9.66. The minimum absolute atomic E-state index is 0.196. The Morgan fingerprint density at radius 1 is 1.39 bits per heavy atom. The third-order valence-corrected chi connectivity index (χ3v) is 5.54.